The van der Waals surface area contributed by atoms with E-state index in [9.17, 15) is 0 Å². The summed E-state index contributed by atoms with van der Waals surface area (Å²) >= 11 is 12.2. The van der Waals surface area contributed by atoms with Crippen molar-refractivity contribution in [3.8, 4) is 17.1 Å². The lowest BCUT2D eigenvalue weighted by atomic mass is 10.2. The van der Waals surface area contributed by atoms with Crippen molar-refractivity contribution in [2.24, 2.45) is 0 Å². The van der Waals surface area contributed by atoms with Crippen LogP contribution in [0.15, 0.2) is 59.0 Å². The predicted molar refractivity (Wildman–Crippen MR) is 97.7 cm³/mol. The van der Waals surface area contributed by atoms with E-state index in [2.05, 4.69) is 5.32 Å². The van der Waals surface area contributed by atoms with Crippen LogP contribution >= 0.6 is 23.2 Å². The van der Waals surface area contributed by atoms with Gasteiger partial charge in [0.25, 0.3) is 0 Å². The van der Waals surface area contributed by atoms with Crippen LogP contribution in [0.2, 0.25) is 10.0 Å². The molecule has 0 aliphatic heterocycles. The van der Waals surface area contributed by atoms with Gasteiger partial charge < -0.3 is 14.5 Å². The molecule has 1 heterocycles. The molecule has 5 heteroatoms. The molecule has 0 saturated carbocycles. The van der Waals surface area contributed by atoms with Crippen molar-refractivity contribution < 1.29 is 9.15 Å². The Labute approximate surface area is 151 Å². The molecular weight excluding hydrogens is 345 g/mol. The van der Waals surface area contributed by atoms with Crippen LogP contribution in [0.3, 0.4) is 0 Å². The third-order valence-electron chi connectivity index (χ3n) is 3.64. The molecule has 3 nitrogen and oxygen atoms in total. The highest BCUT2D eigenvalue weighted by Crippen LogP contribution is 2.31. The Balaban J connectivity index is 1.60. The van der Waals surface area contributed by atoms with Crippen molar-refractivity contribution in [3.63, 3.8) is 0 Å². The monoisotopic (exact) mass is 361 g/mol. The minimum atomic E-state index is 0.617. The number of hydrogen-bond donors (Lipinski definition) is 1. The van der Waals surface area contributed by atoms with Crippen LogP contribution in [-0.4, -0.2) is 7.11 Å². The van der Waals surface area contributed by atoms with Crippen LogP contribution in [0, 0.1) is 0 Å². The van der Waals surface area contributed by atoms with Crippen LogP contribution < -0.4 is 10.1 Å². The summed E-state index contributed by atoms with van der Waals surface area (Å²) in [4.78, 5) is 0. The van der Waals surface area contributed by atoms with Crippen LogP contribution in [0.5, 0.6) is 5.75 Å². The topological polar surface area (TPSA) is 34.4 Å². The zero-order chi connectivity index (χ0) is 16.9. The third kappa shape index (κ3) is 4.12. The molecule has 0 saturated heterocycles. The van der Waals surface area contributed by atoms with Gasteiger partial charge in [0.15, 0.2) is 0 Å². The summed E-state index contributed by atoms with van der Waals surface area (Å²) in [5.41, 5.74) is 1.98. The molecule has 0 unspecified atom stereocenters. The Morgan fingerprint density at radius 2 is 1.75 bits per heavy atom. The van der Waals surface area contributed by atoms with E-state index in [1.807, 2.05) is 36.4 Å². The summed E-state index contributed by atoms with van der Waals surface area (Å²) in [6.45, 7) is 1.38. The van der Waals surface area contributed by atoms with Crippen LogP contribution in [0.4, 0.5) is 0 Å². The maximum absolute atomic E-state index is 6.20. The number of halogens is 2. The fourth-order valence-electron chi connectivity index (χ4n) is 2.38. The number of furan rings is 1. The van der Waals surface area contributed by atoms with Crippen LogP contribution in [0.1, 0.15) is 11.3 Å². The average molecular weight is 362 g/mol. The molecule has 0 amide bonds. The van der Waals surface area contributed by atoms with E-state index in [0.717, 1.165) is 23.6 Å². The zero-order valence-corrected chi connectivity index (χ0v) is 14.7. The number of ether oxygens (including phenoxy) is 1. The largest absolute Gasteiger partial charge is 0.497 e. The van der Waals surface area contributed by atoms with Gasteiger partial charge in [0.05, 0.1) is 18.7 Å². The predicted octanol–water partition coefficient (Wildman–Crippen LogP) is 5.55. The van der Waals surface area contributed by atoms with Gasteiger partial charge in [-0.25, -0.2) is 0 Å². The fraction of sp³-hybridized carbons (Fsp3) is 0.158. The van der Waals surface area contributed by atoms with Gasteiger partial charge in [-0.3, -0.25) is 0 Å². The Morgan fingerprint density at radius 3 is 2.50 bits per heavy atom. The highest BCUT2D eigenvalue weighted by Gasteiger charge is 2.09. The summed E-state index contributed by atoms with van der Waals surface area (Å²) < 4.78 is 11.0. The average Bonchev–Trinajstić information content (AvgIpc) is 3.06. The van der Waals surface area contributed by atoms with Crippen LogP contribution in [-0.2, 0) is 13.1 Å². The first-order valence-corrected chi connectivity index (χ1v) is 8.29. The molecule has 124 valence electrons. The van der Waals surface area contributed by atoms with Crippen LogP contribution in [0.25, 0.3) is 11.3 Å². The Kier molecular flexibility index (Phi) is 5.46. The van der Waals surface area contributed by atoms with Gasteiger partial charge in [-0.1, -0.05) is 35.3 Å². The van der Waals surface area contributed by atoms with Crippen molar-refractivity contribution >= 4 is 23.2 Å². The molecule has 2 aromatic carbocycles. The number of hydrogen-bond acceptors (Lipinski definition) is 3. The quantitative estimate of drug-likeness (QED) is 0.624. The first kappa shape index (κ1) is 16.9. The first-order chi connectivity index (χ1) is 11.7. The SMILES string of the molecule is COc1ccc(CNCc2ccc(-c3cc(Cl)ccc3Cl)o2)cc1. The van der Waals surface area contributed by atoms with Crippen molar-refractivity contribution in [2.75, 3.05) is 7.11 Å². The number of methoxy groups -OCH3 is 1. The molecule has 3 rings (SSSR count). The summed E-state index contributed by atoms with van der Waals surface area (Å²) in [5, 5.41) is 4.60. The molecule has 0 aliphatic carbocycles. The van der Waals surface area contributed by atoms with Gasteiger partial charge in [0.1, 0.15) is 17.3 Å². The lowest BCUT2D eigenvalue weighted by molar-refractivity contribution is 0.414. The highest BCUT2D eigenvalue weighted by molar-refractivity contribution is 6.35. The molecule has 0 bridgehead atoms. The van der Waals surface area contributed by atoms with Gasteiger partial charge in [0.2, 0.25) is 0 Å². The van der Waals surface area contributed by atoms with Crippen molar-refractivity contribution in [1.82, 2.24) is 5.32 Å². The molecule has 24 heavy (non-hydrogen) atoms. The number of nitrogens with one attached hydrogen (secondary N) is 1. The minimum absolute atomic E-state index is 0.617. The maximum Gasteiger partial charge on any atom is 0.135 e. The summed E-state index contributed by atoms with van der Waals surface area (Å²) in [7, 11) is 1.66. The van der Waals surface area contributed by atoms with E-state index in [-0.39, 0.29) is 0 Å². The molecule has 3 aromatic rings. The van der Waals surface area contributed by atoms with E-state index in [1.165, 1.54) is 5.56 Å². The lowest BCUT2D eigenvalue weighted by Gasteiger charge is -2.05. The third-order valence-corrected chi connectivity index (χ3v) is 4.21. The number of rotatable bonds is 6. The number of benzene rings is 2. The van der Waals surface area contributed by atoms with Gasteiger partial charge in [-0.15, -0.1) is 0 Å². The summed E-state index contributed by atoms with van der Waals surface area (Å²) in [6.07, 6.45) is 0. The summed E-state index contributed by atoms with van der Waals surface area (Å²) in [5.74, 6) is 2.41. The van der Waals surface area contributed by atoms with Crippen molar-refractivity contribution in [2.45, 2.75) is 13.1 Å². The Hall–Kier alpha value is -1.94. The second-order valence-corrected chi connectivity index (χ2v) is 6.19. The molecule has 0 fully saturated rings. The standard InChI is InChI=1S/C19H17Cl2NO2/c1-23-15-5-2-13(3-6-15)11-22-12-16-7-9-19(24-16)17-10-14(20)4-8-18(17)21/h2-10,22H,11-12H2,1H3. The minimum Gasteiger partial charge on any atom is -0.497 e. The maximum atomic E-state index is 6.20. The fourth-order valence-corrected chi connectivity index (χ4v) is 2.76. The van der Waals surface area contributed by atoms with Gasteiger partial charge in [-0.2, -0.15) is 0 Å². The van der Waals surface area contributed by atoms with Crippen molar-refractivity contribution in [1.29, 1.82) is 0 Å². The summed E-state index contributed by atoms with van der Waals surface area (Å²) in [6, 6.07) is 17.1. The van der Waals surface area contributed by atoms with Gasteiger partial charge >= 0.3 is 0 Å². The van der Waals surface area contributed by atoms with Gasteiger partial charge in [0, 0.05) is 17.1 Å². The molecule has 0 atom stereocenters. The van der Waals surface area contributed by atoms with E-state index in [4.69, 9.17) is 32.4 Å². The van der Waals surface area contributed by atoms with E-state index < -0.39 is 0 Å². The second-order valence-electron chi connectivity index (χ2n) is 5.34. The highest BCUT2D eigenvalue weighted by atomic mass is 35.5. The molecule has 0 spiro atoms. The second kappa shape index (κ2) is 7.75. The molecule has 0 radical (unpaired) electrons. The van der Waals surface area contributed by atoms with Gasteiger partial charge in [-0.05, 0) is 48.0 Å². The Bertz CT molecular complexity index is 812. The van der Waals surface area contributed by atoms with E-state index in [1.54, 1.807) is 25.3 Å². The zero-order valence-electron chi connectivity index (χ0n) is 13.2. The molecular formula is C19H17Cl2NO2. The first-order valence-electron chi connectivity index (χ1n) is 7.53. The van der Waals surface area contributed by atoms with E-state index in [0.29, 0.717) is 22.4 Å². The Morgan fingerprint density at radius 1 is 0.958 bits per heavy atom. The lowest BCUT2D eigenvalue weighted by Crippen LogP contribution is -2.11. The van der Waals surface area contributed by atoms with E-state index >= 15 is 0 Å². The molecule has 0 aliphatic rings. The normalized spacial score (nSPS) is 10.8. The smallest absolute Gasteiger partial charge is 0.135 e. The molecule has 1 N–H and O–H groups in total. The molecule has 1 aromatic heterocycles. The van der Waals surface area contributed by atoms with Crippen molar-refractivity contribution in [3.05, 3.63) is 76.0 Å².